The molecule has 0 saturated heterocycles. The van der Waals surface area contributed by atoms with Gasteiger partial charge >= 0.3 is 12.1 Å². The highest BCUT2D eigenvalue weighted by Gasteiger charge is 2.18. The van der Waals surface area contributed by atoms with Crippen LogP contribution < -0.4 is 5.32 Å². The number of aromatic carboxylic acids is 1. The molecule has 0 saturated carbocycles. The van der Waals surface area contributed by atoms with Gasteiger partial charge in [-0.2, -0.15) is 0 Å². The Balaban J connectivity index is 2.61. The molecule has 0 aliphatic rings. The van der Waals surface area contributed by atoms with Crippen LogP contribution in [0.15, 0.2) is 12.3 Å². The fraction of sp³-hybridized carbons (Fsp3) is 0.571. The van der Waals surface area contributed by atoms with Gasteiger partial charge in [-0.25, -0.2) is 9.59 Å². The molecule has 1 heterocycles. The van der Waals surface area contributed by atoms with E-state index >= 15 is 0 Å². The molecule has 0 aromatic carbocycles. The van der Waals surface area contributed by atoms with E-state index in [0.29, 0.717) is 12.2 Å². The van der Waals surface area contributed by atoms with Gasteiger partial charge in [0.1, 0.15) is 5.60 Å². The molecule has 0 aliphatic heterocycles. The predicted molar refractivity (Wildman–Crippen MR) is 75.0 cm³/mol. The highest BCUT2D eigenvalue weighted by molar-refractivity contribution is 5.88. The van der Waals surface area contributed by atoms with Crippen LogP contribution >= 0.6 is 0 Å². The van der Waals surface area contributed by atoms with Crippen molar-refractivity contribution in [1.29, 1.82) is 0 Å². The number of carbonyl (C=O) groups excluding carboxylic acids is 1. The second-order valence-corrected chi connectivity index (χ2v) is 5.82. The van der Waals surface area contributed by atoms with E-state index in [0.717, 1.165) is 0 Å². The summed E-state index contributed by atoms with van der Waals surface area (Å²) in [6.45, 7) is 9.46. The minimum atomic E-state index is -0.950. The number of nitrogens with one attached hydrogen (secondary N) is 1. The molecular formula is C14H22N2O4. The average molecular weight is 282 g/mol. The smallest absolute Gasteiger partial charge is 0.407 e. The predicted octanol–water partition coefficient (Wildman–Crippen LogP) is 2.41. The molecule has 0 fully saturated rings. The lowest BCUT2D eigenvalue weighted by molar-refractivity contribution is 0.0503. The van der Waals surface area contributed by atoms with E-state index in [1.807, 2.05) is 6.92 Å². The van der Waals surface area contributed by atoms with Crippen molar-refractivity contribution in [1.82, 2.24) is 9.88 Å². The Kier molecular flexibility index (Phi) is 4.81. The molecule has 112 valence electrons. The van der Waals surface area contributed by atoms with Gasteiger partial charge in [0.05, 0.1) is 5.56 Å². The van der Waals surface area contributed by atoms with Gasteiger partial charge in [-0.3, -0.25) is 0 Å². The summed E-state index contributed by atoms with van der Waals surface area (Å²) in [4.78, 5) is 22.6. The lowest BCUT2D eigenvalue weighted by Gasteiger charge is -2.22. The van der Waals surface area contributed by atoms with E-state index in [4.69, 9.17) is 9.84 Å². The first-order valence-electron chi connectivity index (χ1n) is 6.48. The van der Waals surface area contributed by atoms with Crippen molar-refractivity contribution in [2.45, 2.75) is 52.8 Å². The van der Waals surface area contributed by atoms with E-state index in [1.165, 1.54) is 0 Å². The van der Waals surface area contributed by atoms with Crippen LogP contribution in [0.5, 0.6) is 0 Å². The first-order chi connectivity index (χ1) is 9.10. The number of carbonyl (C=O) groups is 2. The van der Waals surface area contributed by atoms with Gasteiger partial charge in [0, 0.05) is 24.5 Å². The van der Waals surface area contributed by atoms with Crippen LogP contribution in [0.25, 0.3) is 0 Å². The molecular weight excluding hydrogens is 260 g/mol. The van der Waals surface area contributed by atoms with E-state index in [9.17, 15) is 9.59 Å². The van der Waals surface area contributed by atoms with Crippen LogP contribution in [0.1, 0.15) is 43.7 Å². The number of ether oxygens (including phenoxy) is 1. The number of rotatable bonds is 4. The molecule has 20 heavy (non-hydrogen) atoms. The number of carboxylic acids is 1. The van der Waals surface area contributed by atoms with Gasteiger partial charge in [0.15, 0.2) is 0 Å². The molecule has 6 nitrogen and oxygen atoms in total. The number of carboxylic acid groups (broad SMARTS) is 1. The zero-order chi connectivity index (χ0) is 15.5. The van der Waals surface area contributed by atoms with Gasteiger partial charge in [-0.05, 0) is 40.7 Å². The number of alkyl carbamates (subject to hydrolysis) is 1. The number of nitrogens with zero attached hydrogens (tertiary/aromatic N) is 1. The lowest BCUT2D eigenvalue weighted by atomic mass is 10.2. The fourth-order valence-electron chi connectivity index (χ4n) is 1.82. The maximum absolute atomic E-state index is 11.6. The molecule has 0 unspecified atom stereocenters. The maximum Gasteiger partial charge on any atom is 0.407 e. The molecule has 0 spiro atoms. The Hall–Kier alpha value is -1.98. The highest BCUT2D eigenvalue weighted by Crippen LogP contribution is 2.11. The van der Waals surface area contributed by atoms with Crippen LogP contribution in [0.4, 0.5) is 4.79 Å². The summed E-state index contributed by atoms with van der Waals surface area (Å²) in [5, 5.41) is 11.7. The average Bonchev–Trinajstić information content (AvgIpc) is 2.57. The van der Waals surface area contributed by atoms with Crippen molar-refractivity contribution in [3.63, 3.8) is 0 Å². The molecule has 0 bridgehead atoms. The molecule has 1 aromatic rings. The second-order valence-electron chi connectivity index (χ2n) is 5.82. The summed E-state index contributed by atoms with van der Waals surface area (Å²) in [6.07, 6.45) is 1.22. The Morgan fingerprint density at radius 1 is 1.45 bits per heavy atom. The monoisotopic (exact) mass is 282 g/mol. The quantitative estimate of drug-likeness (QED) is 0.888. The largest absolute Gasteiger partial charge is 0.478 e. The van der Waals surface area contributed by atoms with E-state index in [1.54, 1.807) is 44.5 Å². The Morgan fingerprint density at radius 3 is 2.50 bits per heavy atom. The molecule has 6 heteroatoms. The molecule has 1 amide bonds. The van der Waals surface area contributed by atoms with Gasteiger partial charge in [-0.15, -0.1) is 0 Å². The third kappa shape index (κ3) is 4.60. The molecule has 1 atom stereocenters. The summed E-state index contributed by atoms with van der Waals surface area (Å²) < 4.78 is 6.96. The van der Waals surface area contributed by atoms with E-state index < -0.39 is 17.7 Å². The minimum Gasteiger partial charge on any atom is -0.478 e. The Morgan fingerprint density at radius 2 is 2.05 bits per heavy atom. The molecule has 1 rings (SSSR count). The molecule has 1 aromatic heterocycles. The highest BCUT2D eigenvalue weighted by atomic mass is 16.6. The van der Waals surface area contributed by atoms with Crippen molar-refractivity contribution in [2.24, 2.45) is 0 Å². The maximum atomic E-state index is 11.6. The molecule has 0 aliphatic carbocycles. The van der Waals surface area contributed by atoms with Crippen LogP contribution in [0.2, 0.25) is 0 Å². The SMILES string of the molecule is Cc1c(C(=O)O)ccn1C[C@H](C)NC(=O)OC(C)(C)C. The standard InChI is InChI=1S/C14H22N2O4/c1-9(15-13(19)20-14(3,4)5)8-16-7-6-11(10(16)2)12(17)18/h6-7,9H,8H2,1-5H3,(H,15,19)(H,17,18)/t9-/m0/s1. The van der Waals surface area contributed by atoms with Crippen LogP contribution in [0, 0.1) is 6.92 Å². The van der Waals surface area contributed by atoms with Gasteiger partial charge in [0.2, 0.25) is 0 Å². The van der Waals surface area contributed by atoms with Crippen molar-refractivity contribution in [3.05, 3.63) is 23.5 Å². The fourth-order valence-corrected chi connectivity index (χ4v) is 1.82. The first-order valence-corrected chi connectivity index (χ1v) is 6.48. The van der Waals surface area contributed by atoms with Crippen molar-refractivity contribution in [3.8, 4) is 0 Å². The molecule has 0 radical (unpaired) electrons. The molecule has 2 N–H and O–H groups in total. The van der Waals surface area contributed by atoms with Gasteiger partial charge in [0.25, 0.3) is 0 Å². The van der Waals surface area contributed by atoms with Crippen molar-refractivity contribution in [2.75, 3.05) is 0 Å². The number of hydrogen-bond donors (Lipinski definition) is 2. The summed E-state index contributed by atoms with van der Waals surface area (Å²) in [7, 11) is 0. The third-order valence-electron chi connectivity index (χ3n) is 2.71. The summed E-state index contributed by atoms with van der Waals surface area (Å²) in [5.41, 5.74) is 0.397. The van der Waals surface area contributed by atoms with E-state index in [2.05, 4.69) is 5.32 Å². The van der Waals surface area contributed by atoms with Crippen LogP contribution in [-0.4, -0.2) is 33.4 Å². The number of aromatic nitrogens is 1. The normalized spacial score (nSPS) is 12.8. The topological polar surface area (TPSA) is 80.6 Å². The van der Waals surface area contributed by atoms with Crippen LogP contribution in [0.3, 0.4) is 0 Å². The van der Waals surface area contributed by atoms with Crippen LogP contribution in [-0.2, 0) is 11.3 Å². The van der Waals surface area contributed by atoms with Crippen molar-refractivity contribution >= 4 is 12.1 Å². The summed E-state index contributed by atoms with van der Waals surface area (Å²) in [5.74, 6) is -0.950. The third-order valence-corrected chi connectivity index (χ3v) is 2.71. The first kappa shape index (κ1) is 16.1. The number of amides is 1. The van der Waals surface area contributed by atoms with Crippen molar-refractivity contribution < 1.29 is 19.4 Å². The Labute approximate surface area is 118 Å². The minimum absolute atomic E-state index is 0.169. The lowest BCUT2D eigenvalue weighted by Crippen LogP contribution is -2.39. The van der Waals surface area contributed by atoms with E-state index in [-0.39, 0.29) is 11.6 Å². The van der Waals surface area contributed by atoms with Gasteiger partial charge in [-0.1, -0.05) is 0 Å². The Bertz CT molecular complexity index is 500. The zero-order valence-corrected chi connectivity index (χ0v) is 12.6. The summed E-state index contributed by atoms with van der Waals surface area (Å²) in [6, 6.07) is 1.38. The zero-order valence-electron chi connectivity index (χ0n) is 12.6. The summed E-state index contributed by atoms with van der Waals surface area (Å²) >= 11 is 0. The second kappa shape index (κ2) is 5.98. The van der Waals surface area contributed by atoms with Gasteiger partial charge < -0.3 is 19.7 Å². The number of hydrogen-bond acceptors (Lipinski definition) is 3.